The Morgan fingerprint density at radius 3 is 2.76 bits per heavy atom. The molecule has 2 amide bonds. The van der Waals surface area contributed by atoms with Crippen molar-refractivity contribution in [2.75, 3.05) is 20.7 Å². The van der Waals surface area contributed by atoms with Crippen LogP contribution in [-0.2, 0) is 11.3 Å². The Kier molecular flexibility index (Phi) is 3.21. The van der Waals surface area contributed by atoms with Crippen LogP contribution in [0.25, 0.3) is 0 Å². The highest BCUT2D eigenvalue weighted by molar-refractivity contribution is 6.22. The monoisotopic (exact) mass is 234 g/mol. The third-order valence-corrected chi connectivity index (χ3v) is 2.86. The number of carbonyl (C=O) groups is 2. The fourth-order valence-corrected chi connectivity index (χ4v) is 1.87. The Labute approximate surface area is 99.3 Å². The molecule has 0 unspecified atom stereocenters. The third kappa shape index (κ3) is 2.20. The summed E-state index contributed by atoms with van der Waals surface area (Å²) < 4.78 is 0. The van der Waals surface area contributed by atoms with E-state index in [0.29, 0.717) is 24.1 Å². The van der Waals surface area contributed by atoms with E-state index >= 15 is 0 Å². The molecule has 0 radical (unpaired) electrons. The van der Waals surface area contributed by atoms with Crippen LogP contribution >= 0.6 is 0 Å². The molecular weight excluding hydrogens is 220 g/mol. The smallest absolute Gasteiger partial charge is 0.259 e. The number of benzene rings is 1. The molecule has 2 rings (SSSR count). The number of rotatable bonds is 4. The minimum Gasteiger partial charge on any atom is -0.303 e. The number of hydrogen-bond acceptors (Lipinski definition) is 4. The predicted molar refractivity (Wildman–Crippen MR) is 61.6 cm³/mol. The van der Waals surface area contributed by atoms with Crippen LogP contribution in [0.5, 0.6) is 0 Å². The van der Waals surface area contributed by atoms with Gasteiger partial charge in [0.1, 0.15) is 0 Å². The van der Waals surface area contributed by atoms with Crippen molar-refractivity contribution < 1.29 is 14.4 Å². The van der Waals surface area contributed by atoms with Gasteiger partial charge in [-0.1, -0.05) is 12.1 Å². The van der Waals surface area contributed by atoms with Crippen molar-refractivity contribution in [1.82, 2.24) is 10.4 Å². The van der Waals surface area contributed by atoms with Gasteiger partial charge in [-0.05, 0) is 18.1 Å². The highest BCUT2D eigenvalue weighted by Gasteiger charge is 2.28. The number of amides is 2. The van der Waals surface area contributed by atoms with Crippen molar-refractivity contribution in [2.24, 2.45) is 0 Å². The molecule has 90 valence electrons. The molecule has 0 spiro atoms. The molecule has 1 heterocycles. The molecule has 0 aliphatic carbocycles. The summed E-state index contributed by atoms with van der Waals surface area (Å²) in [6, 6.07) is 5.32. The minimum absolute atomic E-state index is 0.305. The van der Waals surface area contributed by atoms with Crippen LogP contribution in [0.2, 0.25) is 0 Å². The Balaban J connectivity index is 2.25. The number of hydrogen-bond donors (Lipinski definition) is 1. The number of nitrogens with zero attached hydrogens (tertiary/aromatic N) is 1. The lowest BCUT2D eigenvalue weighted by molar-refractivity contribution is -0.107. The summed E-state index contributed by atoms with van der Waals surface area (Å²) in [5.74, 6) is -0.618. The van der Waals surface area contributed by atoms with Gasteiger partial charge in [-0.25, -0.2) is 0 Å². The first kappa shape index (κ1) is 11.8. The normalized spacial score (nSPS) is 14.1. The van der Waals surface area contributed by atoms with Gasteiger partial charge in [0.05, 0.1) is 18.2 Å². The standard InChI is InChI=1S/C12H14N2O3/c1-14(17-2)7-6-8-4-3-5-9-10(8)12(16)13-11(9)15/h3-5H,6-7H2,1-2H3,(H,13,15,16). The summed E-state index contributed by atoms with van der Waals surface area (Å²) >= 11 is 0. The number of imide groups is 1. The molecule has 0 saturated carbocycles. The molecule has 0 bridgehead atoms. The summed E-state index contributed by atoms with van der Waals surface area (Å²) in [6.45, 7) is 0.661. The first-order valence-electron chi connectivity index (χ1n) is 5.36. The van der Waals surface area contributed by atoms with Gasteiger partial charge in [0.2, 0.25) is 0 Å². The second-order valence-corrected chi connectivity index (χ2v) is 3.91. The Morgan fingerprint density at radius 2 is 2.06 bits per heavy atom. The lowest BCUT2D eigenvalue weighted by Gasteiger charge is -2.13. The van der Waals surface area contributed by atoms with Gasteiger partial charge in [0, 0.05) is 13.6 Å². The van der Waals surface area contributed by atoms with Crippen LogP contribution < -0.4 is 5.32 Å². The van der Waals surface area contributed by atoms with Crippen LogP contribution in [0.4, 0.5) is 0 Å². The van der Waals surface area contributed by atoms with E-state index in [1.807, 2.05) is 13.1 Å². The van der Waals surface area contributed by atoms with E-state index in [9.17, 15) is 9.59 Å². The maximum absolute atomic E-state index is 11.6. The van der Waals surface area contributed by atoms with Crippen molar-refractivity contribution >= 4 is 11.8 Å². The molecule has 0 saturated heterocycles. The van der Waals surface area contributed by atoms with E-state index in [1.165, 1.54) is 0 Å². The Morgan fingerprint density at radius 1 is 1.29 bits per heavy atom. The van der Waals surface area contributed by atoms with Crippen LogP contribution in [0.1, 0.15) is 26.3 Å². The summed E-state index contributed by atoms with van der Waals surface area (Å²) in [5.41, 5.74) is 1.84. The molecule has 5 nitrogen and oxygen atoms in total. The van der Waals surface area contributed by atoms with Gasteiger partial charge in [-0.2, -0.15) is 5.06 Å². The van der Waals surface area contributed by atoms with Crippen LogP contribution in [0, 0.1) is 0 Å². The van der Waals surface area contributed by atoms with Gasteiger partial charge in [-0.3, -0.25) is 14.9 Å². The first-order chi connectivity index (χ1) is 8.13. The van der Waals surface area contributed by atoms with Crippen LogP contribution in [0.15, 0.2) is 18.2 Å². The van der Waals surface area contributed by atoms with E-state index in [0.717, 1.165) is 5.56 Å². The SMILES string of the molecule is CON(C)CCc1cccc2c1C(=O)NC2=O. The molecule has 5 heteroatoms. The Hall–Kier alpha value is -1.72. The first-order valence-corrected chi connectivity index (χ1v) is 5.36. The average Bonchev–Trinajstić information content (AvgIpc) is 2.63. The van der Waals surface area contributed by atoms with E-state index in [4.69, 9.17) is 4.84 Å². The second-order valence-electron chi connectivity index (χ2n) is 3.91. The maximum Gasteiger partial charge on any atom is 0.259 e. The lowest BCUT2D eigenvalue weighted by Crippen LogP contribution is -2.22. The third-order valence-electron chi connectivity index (χ3n) is 2.86. The highest BCUT2D eigenvalue weighted by atomic mass is 16.7. The van der Waals surface area contributed by atoms with E-state index in [-0.39, 0.29) is 11.8 Å². The fraction of sp³-hybridized carbons (Fsp3) is 0.333. The predicted octanol–water partition coefficient (Wildman–Crippen LogP) is 0.606. The summed E-state index contributed by atoms with van der Waals surface area (Å²) in [4.78, 5) is 28.1. The quantitative estimate of drug-likeness (QED) is 0.612. The molecule has 0 atom stereocenters. The number of hydroxylamine groups is 2. The zero-order valence-electron chi connectivity index (χ0n) is 9.82. The van der Waals surface area contributed by atoms with Gasteiger partial charge >= 0.3 is 0 Å². The zero-order valence-corrected chi connectivity index (χ0v) is 9.82. The zero-order chi connectivity index (χ0) is 12.4. The molecule has 1 aliphatic rings. The van der Waals surface area contributed by atoms with Crippen molar-refractivity contribution in [3.63, 3.8) is 0 Å². The van der Waals surface area contributed by atoms with Gasteiger partial charge in [-0.15, -0.1) is 0 Å². The molecular formula is C12H14N2O3. The van der Waals surface area contributed by atoms with Gasteiger partial charge in [0.25, 0.3) is 11.8 Å². The van der Waals surface area contributed by atoms with Gasteiger partial charge in [0.15, 0.2) is 0 Å². The van der Waals surface area contributed by atoms with Crippen LogP contribution in [0.3, 0.4) is 0 Å². The largest absolute Gasteiger partial charge is 0.303 e. The lowest BCUT2D eigenvalue weighted by atomic mass is 10.0. The van der Waals surface area contributed by atoms with Crippen molar-refractivity contribution in [3.05, 3.63) is 34.9 Å². The van der Waals surface area contributed by atoms with E-state index in [2.05, 4.69) is 5.32 Å². The number of nitrogens with one attached hydrogen (secondary N) is 1. The van der Waals surface area contributed by atoms with E-state index < -0.39 is 0 Å². The van der Waals surface area contributed by atoms with Gasteiger partial charge < -0.3 is 4.84 Å². The maximum atomic E-state index is 11.6. The van der Waals surface area contributed by atoms with Crippen molar-refractivity contribution in [1.29, 1.82) is 0 Å². The summed E-state index contributed by atoms with van der Waals surface area (Å²) in [5, 5.41) is 3.98. The second kappa shape index (κ2) is 4.65. The highest BCUT2D eigenvalue weighted by Crippen LogP contribution is 2.20. The summed E-state index contributed by atoms with van der Waals surface area (Å²) in [7, 11) is 3.40. The Bertz CT molecular complexity index is 471. The molecule has 0 aromatic heterocycles. The summed E-state index contributed by atoms with van der Waals surface area (Å²) in [6.07, 6.45) is 0.661. The fourth-order valence-electron chi connectivity index (χ4n) is 1.87. The molecule has 1 N–H and O–H groups in total. The van der Waals surface area contributed by atoms with Crippen molar-refractivity contribution in [3.8, 4) is 0 Å². The molecule has 1 aromatic carbocycles. The molecule has 1 aromatic rings. The number of fused-ring (bicyclic) bond motifs is 1. The number of likely N-dealkylation sites (N-methyl/N-ethyl adjacent to an activating group) is 1. The number of carbonyl (C=O) groups excluding carboxylic acids is 2. The van der Waals surface area contributed by atoms with Crippen LogP contribution in [-0.4, -0.2) is 37.6 Å². The molecule has 1 aliphatic heterocycles. The average molecular weight is 234 g/mol. The van der Waals surface area contributed by atoms with E-state index in [1.54, 1.807) is 24.3 Å². The topological polar surface area (TPSA) is 58.6 Å². The molecule has 0 fully saturated rings. The minimum atomic E-state index is -0.313. The van der Waals surface area contributed by atoms with Crippen molar-refractivity contribution in [2.45, 2.75) is 6.42 Å². The molecule has 17 heavy (non-hydrogen) atoms.